The molecule has 0 bridgehead atoms. The van der Waals surface area contributed by atoms with Crippen LogP contribution < -0.4 is 0 Å². The molecule has 0 aliphatic rings. The van der Waals surface area contributed by atoms with Gasteiger partial charge in [-0.3, -0.25) is 0 Å². The molecule has 266 valence electrons. The van der Waals surface area contributed by atoms with Gasteiger partial charge in [-0.05, 0) is 47.5 Å². The topological polar surface area (TPSA) is 43.6 Å². The Balaban J connectivity index is 1.06. The zero-order valence-corrected chi connectivity index (χ0v) is 30.9. The van der Waals surface area contributed by atoms with E-state index in [1.165, 1.54) is 27.3 Å². The first-order chi connectivity index (χ1) is 28.3. The number of hydrogen-bond donors (Lipinski definition) is 0. The highest BCUT2D eigenvalue weighted by molar-refractivity contribution is 6.29. The highest BCUT2D eigenvalue weighted by Gasteiger charge is 2.20. The van der Waals surface area contributed by atoms with Crippen LogP contribution in [0.4, 0.5) is 0 Å². The lowest BCUT2D eigenvalue weighted by molar-refractivity contribution is 1.17. The van der Waals surface area contributed by atoms with Crippen LogP contribution in [-0.4, -0.2) is 19.5 Å². The van der Waals surface area contributed by atoms with E-state index in [0.29, 0.717) is 5.82 Å². The molecule has 3 aromatic heterocycles. The number of pyridine rings is 1. The predicted molar refractivity (Wildman–Crippen MR) is 236 cm³/mol. The summed E-state index contributed by atoms with van der Waals surface area (Å²) in [5.74, 6) is 0.699. The smallest absolute Gasteiger partial charge is 0.160 e. The van der Waals surface area contributed by atoms with Gasteiger partial charge in [0.15, 0.2) is 5.82 Å². The van der Waals surface area contributed by atoms with E-state index in [1.54, 1.807) is 0 Å². The van der Waals surface area contributed by atoms with Crippen molar-refractivity contribution in [3.8, 4) is 62.0 Å². The number of benzene rings is 8. The first-order valence-corrected chi connectivity index (χ1v) is 19.3. The van der Waals surface area contributed by atoms with E-state index in [4.69, 9.17) is 15.0 Å². The molecule has 0 unspecified atom stereocenters. The summed E-state index contributed by atoms with van der Waals surface area (Å²) in [5.41, 5.74) is 13.7. The molecule has 3 heterocycles. The minimum atomic E-state index is 0.699. The van der Waals surface area contributed by atoms with E-state index in [9.17, 15) is 0 Å². The predicted octanol–water partition coefficient (Wildman–Crippen LogP) is 13.6. The summed E-state index contributed by atoms with van der Waals surface area (Å²) in [6.07, 6.45) is 0. The van der Waals surface area contributed by atoms with Crippen LogP contribution in [-0.2, 0) is 0 Å². The van der Waals surface area contributed by atoms with E-state index in [1.807, 2.05) is 24.3 Å². The monoisotopic (exact) mass is 726 g/mol. The van der Waals surface area contributed by atoms with Crippen LogP contribution in [0.15, 0.2) is 206 Å². The van der Waals surface area contributed by atoms with Crippen molar-refractivity contribution in [2.24, 2.45) is 0 Å². The molecule has 0 fully saturated rings. The van der Waals surface area contributed by atoms with Gasteiger partial charge >= 0.3 is 0 Å². The highest BCUT2D eigenvalue weighted by Crippen LogP contribution is 2.42. The van der Waals surface area contributed by atoms with Crippen LogP contribution >= 0.6 is 0 Å². The second kappa shape index (κ2) is 13.6. The number of hydrogen-bond acceptors (Lipinski definition) is 3. The SMILES string of the molecule is c1ccc(-c2ccc(-c3cc(-c4ccc(-n5c6ccccc6c6c7c(ccc65)c(-c5ccccc5)nc5ccccc57)cc4)nc(-c4ccccc4)n3)cc2)cc1. The standard InChI is InChI=1S/C53H34N4/c1-4-14-35(15-5-1)36-24-26-37(27-25-36)46-34-47(56-53(55-46)40-18-8-3-9-19-40)38-28-30-41(31-29-38)57-48-23-13-11-21-43(48)51-49(57)33-32-44-50(51)42-20-10-12-22-45(42)54-52(44)39-16-6-2-7-17-39/h1-34H. The van der Waals surface area contributed by atoms with Crippen molar-refractivity contribution in [3.63, 3.8) is 0 Å². The third-order valence-electron chi connectivity index (χ3n) is 11.0. The largest absolute Gasteiger partial charge is 0.309 e. The van der Waals surface area contributed by atoms with Crippen molar-refractivity contribution in [2.45, 2.75) is 0 Å². The molecule has 0 aliphatic heterocycles. The number of aromatic nitrogens is 4. The molecule has 0 atom stereocenters. The van der Waals surface area contributed by atoms with E-state index >= 15 is 0 Å². The second-order valence-corrected chi connectivity index (χ2v) is 14.4. The van der Waals surface area contributed by atoms with Gasteiger partial charge in [-0.2, -0.15) is 0 Å². The molecule has 0 amide bonds. The van der Waals surface area contributed by atoms with Crippen molar-refractivity contribution in [1.29, 1.82) is 0 Å². The fourth-order valence-corrected chi connectivity index (χ4v) is 8.30. The Morgan fingerprint density at radius 3 is 1.53 bits per heavy atom. The Morgan fingerprint density at radius 1 is 0.316 bits per heavy atom. The van der Waals surface area contributed by atoms with Crippen LogP contribution in [0.5, 0.6) is 0 Å². The summed E-state index contributed by atoms with van der Waals surface area (Å²) in [6, 6.07) is 72.5. The third-order valence-corrected chi connectivity index (χ3v) is 11.0. The summed E-state index contributed by atoms with van der Waals surface area (Å²) in [5, 5.41) is 5.97. The molecular formula is C53H34N4. The number of para-hydroxylation sites is 2. The molecule has 0 spiro atoms. The summed E-state index contributed by atoms with van der Waals surface area (Å²) in [6.45, 7) is 0. The van der Waals surface area contributed by atoms with Gasteiger partial charge in [0.2, 0.25) is 0 Å². The molecule has 8 aromatic carbocycles. The molecule has 11 aromatic rings. The summed E-state index contributed by atoms with van der Waals surface area (Å²) in [4.78, 5) is 15.4. The van der Waals surface area contributed by atoms with Gasteiger partial charge in [0.1, 0.15) is 0 Å². The van der Waals surface area contributed by atoms with E-state index in [-0.39, 0.29) is 0 Å². The Labute approximate surface area is 330 Å². The lowest BCUT2D eigenvalue weighted by Gasteiger charge is -2.13. The molecule has 11 rings (SSSR count). The fraction of sp³-hybridized carbons (Fsp3) is 0. The van der Waals surface area contributed by atoms with Gasteiger partial charge in [-0.1, -0.05) is 170 Å². The summed E-state index contributed by atoms with van der Waals surface area (Å²) >= 11 is 0. The van der Waals surface area contributed by atoms with E-state index < -0.39 is 0 Å². The molecule has 0 saturated heterocycles. The van der Waals surface area contributed by atoms with Gasteiger partial charge in [0, 0.05) is 54.9 Å². The summed E-state index contributed by atoms with van der Waals surface area (Å²) in [7, 11) is 0. The maximum absolute atomic E-state index is 5.21. The highest BCUT2D eigenvalue weighted by atomic mass is 15.0. The van der Waals surface area contributed by atoms with Crippen molar-refractivity contribution in [3.05, 3.63) is 206 Å². The molecule has 4 nitrogen and oxygen atoms in total. The number of rotatable bonds is 6. The van der Waals surface area contributed by atoms with Crippen molar-refractivity contribution in [2.75, 3.05) is 0 Å². The molecule has 0 saturated carbocycles. The van der Waals surface area contributed by atoms with Gasteiger partial charge in [-0.25, -0.2) is 15.0 Å². The number of fused-ring (bicyclic) bond motifs is 7. The Hall–Kier alpha value is -7.69. The third kappa shape index (κ3) is 5.66. The van der Waals surface area contributed by atoms with Crippen molar-refractivity contribution < 1.29 is 0 Å². The van der Waals surface area contributed by atoms with Gasteiger partial charge in [0.05, 0.1) is 33.6 Å². The lowest BCUT2D eigenvalue weighted by Crippen LogP contribution is -1.97. The average molecular weight is 727 g/mol. The minimum Gasteiger partial charge on any atom is -0.309 e. The van der Waals surface area contributed by atoms with Gasteiger partial charge in [-0.15, -0.1) is 0 Å². The van der Waals surface area contributed by atoms with Gasteiger partial charge < -0.3 is 4.57 Å². The summed E-state index contributed by atoms with van der Waals surface area (Å²) < 4.78 is 2.39. The molecule has 0 radical (unpaired) electrons. The quantitative estimate of drug-likeness (QED) is 0.160. The minimum absolute atomic E-state index is 0.699. The normalized spacial score (nSPS) is 11.5. The zero-order chi connectivity index (χ0) is 37.7. The fourth-order valence-electron chi connectivity index (χ4n) is 8.30. The first kappa shape index (κ1) is 32.7. The maximum atomic E-state index is 5.21. The Morgan fingerprint density at radius 2 is 0.842 bits per heavy atom. The Kier molecular flexibility index (Phi) is 7.78. The average Bonchev–Trinajstić information content (AvgIpc) is 3.64. The molecule has 0 N–H and O–H groups in total. The Bertz CT molecular complexity index is 3240. The van der Waals surface area contributed by atoms with E-state index in [2.05, 4.69) is 187 Å². The van der Waals surface area contributed by atoms with Crippen LogP contribution in [0.2, 0.25) is 0 Å². The first-order valence-electron chi connectivity index (χ1n) is 19.3. The van der Waals surface area contributed by atoms with Crippen LogP contribution in [0.25, 0.3) is 105 Å². The number of nitrogens with zero attached hydrogens (tertiary/aromatic N) is 4. The van der Waals surface area contributed by atoms with E-state index in [0.717, 1.165) is 72.3 Å². The van der Waals surface area contributed by atoms with Crippen LogP contribution in [0.1, 0.15) is 0 Å². The second-order valence-electron chi connectivity index (χ2n) is 14.4. The van der Waals surface area contributed by atoms with Crippen molar-refractivity contribution >= 4 is 43.5 Å². The van der Waals surface area contributed by atoms with Gasteiger partial charge in [0.25, 0.3) is 0 Å². The lowest BCUT2D eigenvalue weighted by atomic mass is 9.96. The van der Waals surface area contributed by atoms with Crippen LogP contribution in [0.3, 0.4) is 0 Å². The van der Waals surface area contributed by atoms with Crippen LogP contribution in [0, 0.1) is 0 Å². The maximum Gasteiger partial charge on any atom is 0.160 e. The van der Waals surface area contributed by atoms with Crippen molar-refractivity contribution in [1.82, 2.24) is 19.5 Å². The molecular weight excluding hydrogens is 693 g/mol. The molecule has 4 heteroatoms. The molecule has 0 aliphatic carbocycles. The molecule has 57 heavy (non-hydrogen) atoms. The zero-order valence-electron chi connectivity index (χ0n) is 30.9.